The van der Waals surface area contributed by atoms with Crippen LogP contribution >= 0.6 is 0 Å². The molecule has 3 amide bonds. The molecule has 2 N–H and O–H groups in total. The van der Waals surface area contributed by atoms with Gasteiger partial charge >= 0.3 is 17.8 Å². The fourth-order valence-electron chi connectivity index (χ4n) is 4.21. The second kappa shape index (κ2) is 11.4. The van der Waals surface area contributed by atoms with Crippen molar-refractivity contribution >= 4 is 35.5 Å². The van der Waals surface area contributed by atoms with Crippen molar-refractivity contribution in [2.24, 2.45) is 0 Å². The van der Waals surface area contributed by atoms with Crippen LogP contribution in [0.1, 0.15) is 37.0 Å². The highest BCUT2D eigenvalue weighted by molar-refractivity contribution is 6.39. The zero-order valence-electron chi connectivity index (χ0n) is 21.2. The molecule has 0 radical (unpaired) electrons. The number of hydrogen-bond acceptors (Lipinski definition) is 6. The van der Waals surface area contributed by atoms with Crippen molar-refractivity contribution in [2.75, 3.05) is 12.4 Å². The predicted molar refractivity (Wildman–Crippen MR) is 140 cm³/mol. The molecule has 1 aliphatic rings. The van der Waals surface area contributed by atoms with E-state index in [9.17, 15) is 19.2 Å². The summed E-state index contributed by atoms with van der Waals surface area (Å²) < 4.78 is 10.7. The number of rotatable bonds is 7. The number of nitrogens with one attached hydrogen (secondary N) is 2. The van der Waals surface area contributed by atoms with Crippen molar-refractivity contribution in [3.8, 4) is 0 Å². The smallest absolute Gasteiger partial charge is 0.340 e. The largest absolute Gasteiger partial charge is 0.465 e. The van der Waals surface area contributed by atoms with E-state index in [0.717, 1.165) is 5.56 Å². The van der Waals surface area contributed by atoms with E-state index in [1.54, 1.807) is 54.3 Å². The SMILES string of the molecule is COC(=O)C1=C(C)N([C@@H](C)c2ccccc2)C(=O)/C1=C/c1ccc(CNC(=O)C(=O)Nc2ccccc2)o1. The van der Waals surface area contributed by atoms with Crippen molar-refractivity contribution in [3.63, 3.8) is 0 Å². The zero-order valence-corrected chi connectivity index (χ0v) is 21.2. The lowest BCUT2D eigenvalue weighted by Crippen LogP contribution is -2.34. The summed E-state index contributed by atoms with van der Waals surface area (Å²) in [4.78, 5) is 51.9. The number of allylic oxidation sites excluding steroid dienone is 1. The van der Waals surface area contributed by atoms with Gasteiger partial charge < -0.3 is 24.7 Å². The fourth-order valence-corrected chi connectivity index (χ4v) is 4.21. The fraction of sp³-hybridized carbons (Fsp3) is 0.172. The third kappa shape index (κ3) is 5.57. The molecule has 0 saturated heterocycles. The van der Waals surface area contributed by atoms with Gasteiger partial charge in [0.05, 0.1) is 30.8 Å². The lowest BCUT2D eigenvalue weighted by molar-refractivity contribution is -0.136. The number of carbonyl (C=O) groups is 4. The lowest BCUT2D eigenvalue weighted by atomic mass is 10.1. The van der Waals surface area contributed by atoms with E-state index in [4.69, 9.17) is 9.15 Å². The molecule has 0 unspecified atom stereocenters. The molecule has 0 spiro atoms. The first-order valence-electron chi connectivity index (χ1n) is 11.9. The van der Waals surface area contributed by atoms with E-state index in [1.807, 2.05) is 37.3 Å². The Bertz CT molecular complexity index is 1420. The minimum absolute atomic E-state index is 0.0476. The number of anilines is 1. The summed E-state index contributed by atoms with van der Waals surface area (Å²) in [5.41, 5.74) is 2.19. The summed E-state index contributed by atoms with van der Waals surface area (Å²) in [6, 6.07) is 21.0. The first kappa shape index (κ1) is 26.2. The number of para-hydroxylation sites is 1. The van der Waals surface area contributed by atoms with Crippen LogP contribution in [-0.4, -0.2) is 35.7 Å². The average Bonchev–Trinajstić information content (AvgIpc) is 3.48. The zero-order chi connectivity index (χ0) is 27.2. The van der Waals surface area contributed by atoms with Gasteiger partial charge in [0.2, 0.25) is 0 Å². The highest BCUT2D eigenvalue weighted by atomic mass is 16.5. The van der Waals surface area contributed by atoms with Gasteiger partial charge in [0.1, 0.15) is 11.5 Å². The van der Waals surface area contributed by atoms with Gasteiger partial charge in [-0.2, -0.15) is 0 Å². The van der Waals surface area contributed by atoms with Crippen LogP contribution in [0.25, 0.3) is 6.08 Å². The van der Waals surface area contributed by atoms with Gasteiger partial charge in [0.15, 0.2) is 0 Å². The van der Waals surface area contributed by atoms with Crippen LogP contribution in [0.3, 0.4) is 0 Å². The minimum Gasteiger partial charge on any atom is -0.465 e. The van der Waals surface area contributed by atoms with E-state index >= 15 is 0 Å². The number of amides is 3. The van der Waals surface area contributed by atoms with Gasteiger partial charge in [-0.05, 0) is 49.8 Å². The standard InChI is InChI=1S/C29H27N3O6/c1-18(20-10-6-4-7-11-20)32-19(2)25(29(36)37-3)24(28(32)35)16-22-14-15-23(38-22)17-30-26(33)27(34)31-21-12-8-5-9-13-21/h4-16,18H,17H2,1-3H3,(H,30,33)(H,31,34)/b24-16+/t18-/m0/s1. The van der Waals surface area contributed by atoms with Crippen LogP contribution in [0.15, 0.2) is 94.1 Å². The highest BCUT2D eigenvalue weighted by Gasteiger charge is 2.39. The Morgan fingerprint density at radius 1 is 0.974 bits per heavy atom. The van der Waals surface area contributed by atoms with Crippen molar-refractivity contribution in [1.29, 1.82) is 0 Å². The van der Waals surface area contributed by atoms with Gasteiger partial charge in [-0.1, -0.05) is 48.5 Å². The second-order valence-electron chi connectivity index (χ2n) is 8.58. The molecule has 0 aliphatic carbocycles. The molecule has 0 saturated carbocycles. The van der Waals surface area contributed by atoms with E-state index < -0.39 is 17.8 Å². The van der Waals surface area contributed by atoms with Crippen LogP contribution in [0.4, 0.5) is 5.69 Å². The molecule has 1 aliphatic heterocycles. The summed E-state index contributed by atoms with van der Waals surface area (Å²) in [7, 11) is 1.26. The van der Waals surface area contributed by atoms with Gasteiger partial charge in [-0.25, -0.2) is 4.79 Å². The van der Waals surface area contributed by atoms with E-state index in [2.05, 4.69) is 10.6 Å². The summed E-state index contributed by atoms with van der Waals surface area (Å²) in [6.45, 7) is 3.54. The molecule has 38 heavy (non-hydrogen) atoms. The van der Waals surface area contributed by atoms with Gasteiger partial charge in [0, 0.05) is 11.4 Å². The molecular formula is C29H27N3O6. The Labute approximate surface area is 219 Å². The van der Waals surface area contributed by atoms with Crippen LogP contribution < -0.4 is 10.6 Å². The van der Waals surface area contributed by atoms with Crippen LogP contribution in [-0.2, 0) is 30.5 Å². The van der Waals surface area contributed by atoms with Crippen molar-refractivity contribution in [3.05, 3.63) is 107 Å². The number of nitrogens with zero attached hydrogens (tertiary/aromatic N) is 1. The molecular weight excluding hydrogens is 486 g/mol. The average molecular weight is 514 g/mol. The maximum Gasteiger partial charge on any atom is 0.340 e. The molecule has 2 aromatic carbocycles. The lowest BCUT2D eigenvalue weighted by Gasteiger charge is -2.26. The van der Waals surface area contributed by atoms with Crippen molar-refractivity contribution in [2.45, 2.75) is 26.4 Å². The minimum atomic E-state index is -0.826. The summed E-state index contributed by atoms with van der Waals surface area (Å²) in [5, 5.41) is 5.00. The summed E-state index contributed by atoms with van der Waals surface area (Å²) in [5.74, 6) is -1.96. The van der Waals surface area contributed by atoms with E-state index in [-0.39, 0.29) is 29.6 Å². The third-order valence-corrected chi connectivity index (χ3v) is 6.13. The Morgan fingerprint density at radius 2 is 1.63 bits per heavy atom. The number of benzene rings is 2. The number of furan rings is 1. The molecule has 9 heteroatoms. The summed E-state index contributed by atoms with van der Waals surface area (Å²) >= 11 is 0. The third-order valence-electron chi connectivity index (χ3n) is 6.13. The molecule has 4 rings (SSSR count). The Morgan fingerprint density at radius 3 is 2.29 bits per heavy atom. The quantitative estimate of drug-likeness (QED) is 0.280. The second-order valence-corrected chi connectivity index (χ2v) is 8.58. The number of methoxy groups -OCH3 is 1. The van der Waals surface area contributed by atoms with Crippen LogP contribution in [0.2, 0.25) is 0 Å². The maximum absolute atomic E-state index is 13.5. The Kier molecular flexibility index (Phi) is 7.86. The number of esters is 1. The summed E-state index contributed by atoms with van der Waals surface area (Å²) in [6.07, 6.45) is 1.48. The van der Waals surface area contributed by atoms with Crippen LogP contribution in [0.5, 0.6) is 0 Å². The normalized spacial score (nSPS) is 15.0. The monoisotopic (exact) mass is 513 g/mol. The molecule has 2 heterocycles. The van der Waals surface area contributed by atoms with Crippen LogP contribution in [0, 0.1) is 0 Å². The molecule has 1 aromatic heterocycles. The Balaban J connectivity index is 1.49. The molecule has 3 aromatic rings. The highest BCUT2D eigenvalue weighted by Crippen LogP contribution is 2.37. The topological polar surface area (TPSA) is 118 Å². The maximum atomic E-state index is 13.5. The number of ether oxygens (including phenoxy) is 1. The van der Waals surface area contributed by atoms with Crippen molar-refractivity contribution in [1.82, 2.24) is 10.2 Å². The van der Waals surface area contributed by atoms with Gasteiger partial charge in [-0.15, -0.1) is 0 Å². The molecule has 0 bridgehead atoms. The first-order chi connectivity index (χ1) is 18.3. The number of carbonyl (C=O) groups excluding carboxylic acids is 4. The molecule has 0 fully saturated rings. The van der Waals surface area contributed by atoms with Gasteiger partial charge in [0.25, 0.3) is 5.91 Å². The molecule has 194 valence electrons. The molecule has 9 nitrogen and oxygen atoms in total. The van der Waals surface area contributed by atoms with Crippen molar-refractivity contribution < 1.29 is 28.3 Å². The Hall–Kier alpha value is -4.92. The first-order valence-corrected chi connectivity index (χ1v) is 11.9. The van der Waals surface area contributed by atoms with Gasteiger partial charge in [-0.3, -0.25) is 14.4 Å². The predicted octanol–water partition coefficient (Wildman–Crippen LogP) is 3.97. The van der Waals surface area contributed by atoms with E-state index in [1.165, 1.54) is 13.2 Å². The molecule has 1 atom stereocenters. The number of hydrogen-bond donors (Lipinski definition) is 2. The van der Waals surface area contributed by atoms with E-state index in [0.29, 0.717) is 22.9 Å².